The highest BCUT2D eigenvalue weighted by atomic mass is 79.9. The van der Waals surface area contributed by atoms with Gasteiger partial charge in [-0.1, -0.05) is 56.1 Å². The van der Waals surface area contributed by atoms with Crippen LogP contribution in [0.1, 0.15) is 27.6 Å². The molecule has 0 aliphatic heterocycles. The van der Waals surface area contributed by atoms with Crippen LogP contribution in [0.2, 0.25) is 0 Å². The Morgan fingerprint density at radius 1 is 1.00 bits per heavy atom. The number of aryl methyl sites for hydroxylation is 2. The van der Waals surface area contributed by atoms with Gasteiger partial charge in [-0.05, 0) is 54.7 Å². The zero-order valence-corrected chi connectivity index (χ0v) is 14.8. The Morgan fingerprint density at radius 3 is 2.37 bits per heavy atom. The molecule has 19 heavy (non-hydrogen) atoms. The second kappa shape index (κ2) is 6.43. The van der Waals surface area contributed by atoms with Crippen LogP contribution in [0.15, 0.2) is 45.3 Å². The topological polar surface area (TPSA) is 0 Å². The van der Waals surface area contributed by atoms with Crippen molar-refractivity contribution in [3.63, 3.8) is 0 Å². The molecule has 3 heteroatoms. The number of hydrogen-bond donors (Lipinski definition) is 0. The van der Waals surface area contributed by atoms with E-state index in [1.165, 1.54) is 16.7 Å². The summed E-state index contributed by atoms with van der Waals surface area (Å²) in [5.74, 6) is 0. The van der Waals surface area contributed by atoms with Crippen molar-refractivity contribution in [3.05, 3.63) is 67.6 Å². The maximum Gasteiger partial charge on any atom is 0.0637 e. The summed E-state index contributed by atoms with van der Waals surface area (Å²) >= 11 is 13.8. The van der Waals surface area contributed by atoms with Gasteiger partial charge in [0.1, 0.15) is 0 Å². The first-order valence-electron chi connectivity index (χ1n) is 6.13. The lowest BCUT2D eigenvalue weighted by Gasteiger charge is -2.15. The van der Waals surface area contributed by atoms with Gasteiger partial charge in [0.15, 0.2) is 0 Å². The van der Waals surface area contributed by atoms with Gasteiger partial charge in [0.2, 0.25) is 0 Å². The van der Waals surface area contributed by atoms with Crippen LogP contribution in [0.3, 0.4) is 0 Å². The van der Waals surface area contributed by atoms with E-state index in [1.807, 2.05) is 0 Å². The molecule has 0 heterocycles. The summed E-state index contributed by atoms with van der Waals surface area (Å²) in [6, 6.07) is 12.6. The van der Waals surface area contributed by atoms with Gasteiger partial charge in [0, 0.05) is 8.95 Å². The fraction of sp³-hybridized carbons (Fsp3) is 0.250. The van der Waals surface area contributed by atoms with Gasteiger partial charge in [0.25, 0.3) is 0 Å². The van der Waals surface area contributed by atoms with Gasteiger partial charge in [-0.25, -0.2) is 0 Å². The van der Waals surface area contributed by atoms with Gasteiger partial charge in [-0.2, -0.15) is 0 Å². The Kier molecular flexibility index (Phi) is 5.10. The smallest absolute Gasteiger partial charge is 0.0637 e. The van der Waals surface area contributed by atoms with Crippen LogP contribution in [0.5, 0.6) is 0 Å². The fourth-order valence-corrected chi connectivity index (χ4v) is 3.62. The summed E-state index contributed by atoms with van der Waals surface area (Å²) in [6.07, 6.45) is 0.836. The van der Waals surface area contributed by atoms with Crippen molar-refractivity contribution in [2.75, 3.05) is 0 Å². The molecular weight excluding hydrogens is 387 g/mol. The minimum Gasteiger partial charge on any atom is -0.117 e. The fourth-order valence-electron chi connectivity index (χ4n) is 2.04. The second-order valence-corrected chi connectivity index (χ2v) is 6.96. The molecule has 2 aromatic rings. The van der Waals surface area contributed by atoms with Crippen LogP contribution in [-0.2, 0) is 6.42 Å². The molecule has 0 spiro atoms. The monoisotopic (exact) mass is 400 g/mol. The average molecular weight is 403 g/mol. The van der Waals surface area contributed by atoms with Crippen LogP contribution >= 0.6 is 43.5 Å². The van der Waals surface area contributed by atoms with Crippen LogP contribution in [-0.4, -0.2) is 0 Å². The number of halogens is 3. The summed E-state index contributed by atoms with van der Waals surface area (Å²) in [4.78, 5) is 0. The molecule has 1 unspecified atom stereocenters. The number of hydrogen-bond acceptors (Lipinski definition) is 0. The first-order valence-corrected chi connectivity index (χ1v) is 8.15. The Labute approximate surface area is 136 Å². The highest BCUT2D eigenvalue weighted by Gasteiger charge is 2.15. The molecule has 0 aromatic heterocycles. The van der Waals surface area contributed by atoms with Gasteiger partial charge >= 0.3 is 0 Å². The minimum atomic E-state index is -0.0348. The molecule has 0 bridgehead atoms. The molecule has 0 N–H and O–H groups in total. The third kappa shape index (κ3) is 3.62. The lowest BCUT2D eigenvalue weighted by Crippen LogP contribution is -1.99. The molecule has 0 saturated carbocycles. The molecule has 0 radical (unpaired) electrons. The van der Waals surface area contributed by atoms with Gasteiger partial charge in [0.05, 0.1) is 5.38 Å². The Balaban J connectivity index is 2.28. The maximum atomic E-state index is 6.59. The minimum absolute atomic E-state index is 0.0348. The molecule has 0 amide bonds. The summed E-state index contributed by atoms with van der Waals surface area (Å²) in [5, 5.41) is -0.0348. The number of benzene rings is 2. The van der Waals surface area contributed by atoms with Crippen LogP contribution in [0.25, 0.3) is 0 Å². The lowest BCUT2D eigenvalue weighted by atomic mass is 10.00. The van der Waals surface area contributed by atoms with E-state index in [-0.39, 0.29) is 5.38 Å². The number of alkyl halides is 1. The zero-order chi connectivity index (χ0) is 14.0. The standard InChI is InChI=1S/C16H15Br2Cl/c1-10-5-3-4-6-12(10)8-16(19)13-9-14(17)11(2)7-15(13)18/h3-7,9,16H,8H2,1-2H3. The zero-order valence-electron chi connectivity index (χ0n) is 10.9. The molecule has 0 saturated heterocycles. The molecular formula is C16H15Br2Cl. The van der Waals surface area contributed by atoms with E-state index in [9.17, 15) is 0 Å². The highest BCUT2D eigenvalue weighted by molar-refractivity contribution is 9.11. The third-order valence-electron chi connectivity index (χ3n) is 3.28. The van der Waals surface area contributed by atoms with Crippen LogP contribution in [0, 0.1) is 13.8 Å². The van der Waals surface area contributed by atoms with E-state index >= 15 is 0 Å². The van der Waals surface area contributed by atoms with Crippen molar-refractivity contribution in [1.82, 2.24) is 0 Å². The van der Waals surface area contributed by atoms with Gasteiger partial charge in [-0.3, -0.25) is 0 Å². The molecule has 1 atom stereocenters. The first-order chi connectivity index (χ1) is 8.99. The van der Waals surface area contributed by atoms with E-state index < -0.39 is 0 Å². The predicted octanol–water partition coefficient (Wildman–Crippen LogP) is 6.35. The van der Waals surface area contributed by atoms with E-state index in [0.29, 0.717) is 0 Å². The third-order valence-corrected chi connectivity index (χ3v) is 5.21. The van der Waals surface area contributed by atoms with E-state index in [1.54, 1.807) is 0 Å². The van der Waals surface area contributed by atoms with Crippen molar-refractivity contribution in [2.24, 2.45) is 0 Å². The molecule has 0 aliphatic rings. The Bertz CT molecular complexity index is 593. The molecule has 2 aromatic carbocycles. The normalized spacial score (nSPS) is 12.5. The van der Waals surface area contributed by atoms with Crippen molar-refractivity contribution < 1.29 is 0 Å². The molecule has 2 rings (SSSR count). The summed E-state index contributed by atoms with van der Waals surface area (Å²) < 4.78 is 2.17. The SMILES string of the molecule is Cc1cc(Br)c(C(Cl)Cc2ccccc2C)cc1Br. The van der Waals surface area contributed by atoms with Crippen molar-refractivity contribution in [3.8, 4) is 0 Å². The molecule has 0 nitrogen and oxygen atoms in total. The number of rotatable bonds is 3. The quantitative estimate of drug-likeness (QED) is 0.525. The van der Waals surface area contributed by atoms with E-state index in [0.717, 1.165) is 20.9 Å². The summed E-state index contributed by atoms with van der Waals surface area (Å²) in [5.41, 5.74) is 4.92. The van der Waals surface area contributed by atoms with Crippen molar-refractivity contribution in [2.45, 2.75) is 25.6 Å². The molecule has 100 valence electrons. The largest absolute Gasteiger partial charge is 0.117 e. The highest BCUT2D eigenvalue weighted by Crippen LogP contribution is 2.35. The van der Waals surface area contributed by atoms with E-state index in [2.05, 4.69) is 82.1 Å². The first kappa shape index (κ1) is 15.1. The summed E-state index contributed by atoms with van der Waals surface area (Å²) in [7, 11) is 0. The van der Waals surface area contributed by atoms with Gasteiger partial charge in [-0.15, -0.1) is 11.6 Å². The summed E-state index contributed by atoms with van der Waals surface area (Å²) in [6.45, 7) is 4.20. The van der Waals surface area contributed by atoms with Gasteiger partial charge < -0.3 is 0 Å². The van der Waals surface area contributed by atoms with Crippen molar-refractivity contribution in [1.29, 1.82) is 0 Å². The van der Waals surface area contributed by atoms with E-state index in [4.69, 9.17) is 11.6 Å². The molecule has 0 fully saturated rings. The van der Waals surface area contributed by atoms with Crippen LogP contribution in [0.4, 0.5) is 0 Å². The predicted molar refractivity (Wildman–Crippen MR) is 90.1 cm³/mol. The second-order valence-electron chi connectivity index (χ2n) is 4.72. The van der Waals surface area contributed by atoms with Crippen molar-refractivity contribution >= 4 is 43.5 Å². The average Bonchev–Trinajstić information content (AvgIpc) is 2.36. The molecule has 0 aliphatic carbocycles. The Morgan fingerprint density at radius 2 is 1.68 bits per heavy atom. The Hall–Kier alpha value is -0.310. The van der Waals surface area contributed by atoms with Crippen LogP contribution < -0.4 is 0 Å². The maximum absolute atomic E-state index is 6.59. The lowest BCUT2D eigenvalue weighted by molar-refractivity contribution is 0.904.